The summed E-state index contributed by atoms with van der Waals surface area (Å²) >= 11 is 0. The molecule has 32 heavy (non-hydrogen) atoms. The van der Waals surface area contributed by atoms with Crippen LogP contribution < -0.4 is 10.1 Å². The van der Waals surface area contributed by atoms with Gasteiger partial charge < -0.3 is 10.1 Å². The second kappa shape index (κ2) is 7.37. The summed E-state index contributed by atoms with van der Waals surface area (Å²) < 4.78 is 9.37. The van der Waals surface area contributed by atoms with Gasteiger partial charge in [-0.2, -0.15) is 5.10 Å². The molecule has 3 aromatic heterocycles. The lowest BCUT2D eigenvalue weighted by Crippen LogP contribution is -2.58. The van der Waals surface area contributed by atoms with E-state index in [9.17, 15) is 0 Å². The largest absolute Gasteiger partial charge is 0.496 e. The summed E-state index contributed by atoms with van der Waals surface area (Å²) in [6.07, 6.45) is 5.53. The molecule has 4 heterocycles. The normalized spacial score (nSPS) is 18.2. The standard InChI is InChI=1S/C23H28N8O/c1-22(2)13-16(14-23(3,4)28-22)31-21-19(26-29-31)12-18(25-27-21)17-8-7-15(11-20(17)32-5)30-10-6-9-24-30/h6-12,16,28H,13-14H2,1-5H3. The van der Waals surface area contributed by atoms with Crippen LogP contribution in [0.1, 0.15) is 46.6 Å². The van der Waals surface area contributed by atoms with E-state index in [0.717, 1.165) is 29.6 Å². The summed E-state index contributed by atoms with van der Waals surface area (Å²) in [5, 5.41) is 25.9. The Hall–Kier alpha value is -3.33. The van der Waals surface area contributed by atoms with Crippen molar-refractivity contribution in [2.45, 2.75) is 57.7 Å². The predicted octanol–water partition coefficient (Wildman–Crippen LogP) is 3.56. The van der Waals surface area contributed by atoms with Gasteiger partial charge >= 0.3 is 0 Å². The van der Waals surface area contributed by atoms with E-state index in [1.807, 2.05) is 41.2 Å². The fourth-order valence-electron chi connectivity index (χ4n) is 5.03. The summed E-state index contributed by atoms with van der Waals surface area (Å²) in [6.45, 7) is 8.90. The molecule has 0 spiro atoms. The van der Waals surface area contributed by atoms with Crippen LogP contribution in [0.3, 0.4) is 0 Å². The van der Waals surface area contributed by atoms with Crippen molar-refractivity contribution in [2.24, 2.45) is 0 Å². The van der Waals surface area contributed by atoms with E-state index in [1.165, 1.54) is 0 Å². The molecule has 0 amide bonds. The average molecular weight is 433 g/mol. The number of rotatable bonds is 4. The van der Waals surface area contributed by atoms with Crippen molar-refractivity contribution in [1.82, 2.24) is 40.3 Å². The molecule has 9 nitrogen and oxygen atoms in total. The number of aromatic nitrogens is 7. The molecule has 4 aromatic rings. The van der Waals surface area contributed by atoms with Crippen LogP contribution in [0.5, 0.6) is 5.75 Å². The molecule has 1 aliphatic rings. The molecule has 0 aliphatic carbocycles. The summed E-state index contributed by atoms with van der Waals surface area (Å²) in [4.78, 5) is 0. The van der Waals surface area contributed by atoms with Crippen LogP contribution in [0.4, 0.5) is 0 Å². The minimum Gasteiger partial charge on any atom is -0.496 e. The van der Waals surface area contributed by atoms with Crippen LogP contribution in [0, 0.1) is 0 Å². The number of ether oxygens (including phenoxy) is 1. The van der Waals surface area contributed by atoms with Gasteiger partial charge in [-0.15, -0.1) is 15.3 Å². The molecule has 1 saturated heterocycles. The number of nitrogens with one attached hydrogen (secondary N) is 1. The maximum Gasteiger partial charge on any atom is 0.201 e. The number of piperidine rings is 1. The zero-order valence-electron chi connectivity index (χ0n) is 19.1. The minimum atomic E-state index is 0.00173. The first kappa shape index (κ1) is 20.6. The monoisotopic (exact) mass is 432 g/mol. The smallest absolute Gasteiger partial charge is 0.201 e. The summed E-state index contributed by atoms with van der Waals surface area (Å²) in [5.41, 5.74) is 3.88. The van der Waals surface area contributed by atoms with Gasteiger partial charge in [0.25, 0.3) is 0 Å². The zero-order valence-corrected chi connectivity index (χ0v) is 19.1. The van der Waals surface area contributed by atoms with Gasteiger partial charge in [-0.25, -0.2) is 9.36 Å². The molecular weight excluding hydrogens is 404 g/mol. The molecule has 1 aliphatic heterocycles. The first-order chi connectivity index (χ1) is 15.2. The van der Waals surface area contributed by atoms with Crippen molar-refractivity contribution in [1.29, 1.82) is 0 Å². The number of benzene rings is 1. The van der Waals surface area contributed by atoms with Crippen LogP contribution in [0.2, 0.25) is 0 Å². The van der Waals surface area contributed by atoms with Crippen LogP contribution >= 0.6 is 0 Å². The Bertz CT molecular complexity index is 1240. The molecule has 1 fully saturated rings. The van der Waals surface area contributed by atoms with E-state index in [1.54, 1.807) is 18.0 Å². The molecule has 0 radical (unpaired) electrons. The summed E-state index contributed by atoms with van der Waals surface area (Å²) in [5.74, 6) is 0.695. The Kier molecular flexibility index (Phi) is 4.74. The highest BCUT2D eigenvalue weighted by Gasteiger charge is 2.39. The summed E-state index contributed by atoms with van der Waals surface area (Å²) in [7, 11) is 1.65. The molecule has 0 atom stereocenters. The van der Waals surface area contributed by atoms with E-state index in [4.69, 9.17) is 4.74 Å². The molecular formula is C23H28N8O. The highest BCUT2D eigenvalue weighted by molar-refractivity contribution is 5.78. The molecule has 1 N–H and O–H groups in total. The van der Waals surface area contributed by atoms with Gasteiger partial charge in [-0.05, 0) is 64.8 Å². The first-order valence-corrected chi connectivity index (χ1v) is 10.8. The second-order valence-electron chi connectivity index (χ2n) is 9.76. The lowest BCUT2D eigenvalue weighted by atomic mass is 9.80. The van der Waals surface area contributed by atoms with E-state index in [2.05, 4.69) is 58.6 Å². The Morgan fingerprint density at radius 2 is 1.81 bits per heavy atom. The Labute approximate surface area is 186 Å². The van der Waals surface area contributed by atoms with Crippen molar-refractivity contribution < 1.29 is 4.74 Å². The Balaban J connectivity index is 1.51. The molecule has 5 rings (SSSR count). The van der Waals surface area contributed by atoms with Gasteiger partial charge in [0, 0.05) is 35.1 Å². The second-order valence-corrected chi connectivity index (χ2v) is 9.76. The molecule has 0 unspecified atom stereocenters. The fourth-order valence-corrected chi connectivity index (χ4v) is 5.03. The zero-order chi connectivity index (χ0) is 22.5. The van der Waals surface area contributed by atoms with E-state index >= 15 is 0 Å². The van der Waals surface area contributed by atoms with Crippen LogP contribution in [-0.4, -0.2) is 53.2 Å². The van der Waals surface area contributed by atoms with Crippen molar-refractivity contribution in [3.05, 3.63) is 42.7 Å². The van der Waals surface area contributed by atoms with Crippen LogP contribution in [-0.2, 0) is 0 Å². The van der Waals surface area contributed by atoms with Crippen molar-refractivity contribution in [3.8, 4) is 22.7 Å². The third-order valence-corrected chi connectivity index (χ3v) is 5.97. The first-order valence-electron chi connectivity index (χ1n) is 10.8. The Morgan fingerprint density at radius 3 is 2.50 bits per heavy atom. The van der Waals surface area contributed by atoms with E-state index in [0.29, 0.717) is 17.1 Å². The lowest BCUT2D eigenvalue weighted by Gasteiger charge is -2.46. The van der Waals surface area contributed by atoms with Gasteiger partial charge in [0.2, 0.25) is 5.65 Å². The predicted molar refractivity (Wildman–Crippen MR) is 122 cm³/mol. The third-order valence-electron chi connectivity index (χ3n) is 5.97. The lowest BCUT2D eigenvalue weighted by molar-refractivity contribution is 0.127. The van der Waals surface area contributed by atoms with Gasteiger partial charge in [-0.1, -0.05) is 5.21 Å². The number of nitrogens with zero attached hydrogens (tertiary/aromatic N) is 7. The summed E-state index contributed by atoms with van der Waals surface area (Å²) in [6, 6.07) is 9.89. The van der Waals surface area contributed by atoms with Crippen LogP contribution in [0.15, 0.2) is 42.7 Å². The molecule has 0 bridgehead atoms. The quantitative estimate of drug-likeness (QED) is 0.527. The fraction of sp³-hybridized carbons (Fsp3) is 0.435. The third kappa shape index (κ3) is 3.73. The van der Waals surface area contributed by atoms with E-state index < -0.39 is 0 Å². The topological polar surface area (TPSA) is 95.6 Å². The average Bonchev–Trinajstić information content (AvgIpc) is 3.40. The number of fused-ring (bicyclic) bond motifs is 1. The van der Waals surface area contributed by atoms with Gasteiger partial charge in [0.1, 0.15) is 11.3 Å². The molecule has 0 saturated carbocycles. The van der Waals surface area contributed by atoms with Gasteiger partial charge in [-0.3, -0.25) is 0 Å². The van der Waals surface area contributed by atoms with Crippen LogP contribution in [0.25, 0.3) is 28.1 Å². The maximum atomic E-state index is 5.64. The maximum absolute atomic E-state index is 5.64. The van der Waals surface area contributed by atoms with Crippen molar-refractivity contribution in [2.75, 3.05) is 7.11 Å². The van der Waals surface area contributed by atoms with E-state index in [-0.39, 0.29) is 17.1 Å². The van der Waals surface area contributed by atoms with Crippen molar-refractivity contribution in [3.63, 3.8) is 0 Å². The molecule has 1 aromatic carbocycles. The van der Waals surface area contributed by atoms with Gasteiger partial charge in [0.05, 0.1) is 24.5 Å². The highest BCUT2D eigenvalue weighted by Crippen LogP contribution is 2.37. The van der Waals surface area contributed by atoms with Crippen molar-refractivity contribution >= 4 is 11.2 Å². The number of hydrogen-bond acceptors (Lipinski definition) is 7. The highest BCUT2D eigenvalue weighted by atomic mass is 16.5. The number of methoxy groups -OCH3 is 1. The Morgan fingerprint density at radius 1 is 1.03 bits per heavy atom. The number of hydrogen-bond donors (Lipinski definition) is 1. The minimum absolute atomic E-state index is 0.00173. The molecule has 166 valence electrons. The van der Waals surface area contributed by atoms with Gasteiger partial charge in [0.15, 0.2) is 0 Å². The molecule has 9 heteroatoms. The SMILES string of the molecule is COc1cc(-n2cccn2)ccc1-c1cc2nnn(C3CC(C)(C)NC(C)(C)C3)c2nn1.